The van der Waals surface area contributed by atoms with Crippen molar-refractivity contribution in [2.75, 3.05) is 0 Å². The third kappa shape index (κ3) is 25.1. The largest absolute Gasteiger partial charge is 0.0934 e. The molecule has 32 valence electrons. The molecule has 5 heavy (non-hydrogen) atoms. The molecule has 0 radical (unpaired) electrons. The monoisotopic (exact) mass is 256 g/mol. The van der Waals surface area contributed by atoms with Crippen molar-refractivity contribution in [2.45, 2.75) is 0 Å². The van der Waals surface area contributed by atoms with Crippen LogP contribution in [0.5, 0.6) is 0 Å². The SMILES string of the molecule is S=S(=S)(S)I. The molecule has 0 saturated carbocycles. The zero-order valence-electron chi connectivity index (χ0n) is 2.05. The molecule has 0 nitrogen and oxygen atoms in total. The average molecular weight is 256 g/mol. The predicted molar refractivity (Wildman–Crippen MR) is 45.1 cm³/mol. The minimum absolute atomic E-state index is 1.34. The molecule has 0 rings (SSSR count). The highest BCUT2D eigenvalue weighted by Gasteiger charge is 1.72. The van der Waals surface area contributed by atoms with Crippen LogP contribution in [-0.2, 0) is 25.7 Å². The van der Waals surface area contributed by atoms with Gasteiger partial charge in [-0.05, 0) is 22.4 Å². The van der Waals surface area contributed by atoms with Gasteiger partial charge in [-0.3, -0.25) is 0 Å². The van der Waals surface area contributed by atoms with Gasteiger partial charge in [0.2, 0.25) is 0 Å². The summed E-state index contributed by atoms with van der Waals surface area (Å²) < 4.78 is -1.34. The Balaban J connectivity index is 4.06. The fourth-order valence-corrected chi connectivity index (χ4v) is 0. The molecule has 0 bridgehead atoms. The van der Waals surface area contributed by atoms with Gasteiger partial charge in [-0.25, -0.2) is 0 Å². The summed E-state index contributed by atoms with van der Waals surface area (Å²) in [7, 11) is 0. The Labute approximate surface area is 57.9 Å². The van der Waals surface area contributed by atoms with Crippen LogP contribution in [0.25, 0.3) is 0 Å². The van der Waals surface area contributed by atoms with Crippen LogP contribution in [0, 0.1) is 0 Å². The van der Waals surface area contributed by atoms with Crippen LogP contribution < -0.4 is 0 Å². The minimum Gasteiger partial charge on any atom is -0.0934 e. The Morgan fingerprint density at radius 1 is 1.60 bits per heavy atom. The topological polar surface area (TPSA) is 0 Å². The van der Waals surface area contributed by atoms with Crippen LogP contribution in [0.3, 0.4) is 0 Å². The number of hydrogen-bond donors (Lipinski definition) is 1. The van der Waals surface area contributed by atoms with Crippen molar-refractivity contribution in [3.8, 4) is 0 Å². The van der Waals surface area contributed by atoms with E-state index in [9.17, 15) is 0 Å². The Bertz CT molecular complexity index is 86.8. The molecule has 0 aromatic carbocycles. The molecule has 0 fully saturated rings. The molecule has 0 spiro atoms. The molecular weight excluding hydrogens is 255 g/mol. The summed E-state index contributed by atoms with van der Waals surface area (Å²) in [4.78, 5) is 0. The van der Waals surface area contributed by atoms with Crippen LogP contribution in [0.15, 0.2) is 0 Å². The maximum absolute atomic E-state index is 4.58. The summed E-state index contributed by atoms with van der Waals surface area (Å²) in [5.74, 6) is 0. The summed E-state index contributed by atoms with van der Waals surface area (Å²) in [6, 6.07) is 0. The zero-order chi connectivity index (χ0) is 4.50. The van der Waals surface area contributed by atoms with Crippen molar-refractivity contribution in [2.24, 2.45) is 0 Å². The van der Waals surface area contributed by atoms with Crippen molar-refractivity contribution < 1.29 is 0 Å². The molecule has 0 aromatic rings. The molecule has 5 heteroatoms. The third-order valence-electron chi connectivity index (χ3n) is 0. The second kappa shape index (κ2) is 2.25. The first-order valence-electron chi connectivity index (χ1n) is 0.670. The standard InChI is InChI=1S/HIS4/c1-5(2,3)4/h(H,2,3,4). The summed E-state index contributed by atoms with van der Waals surface area (Å²) in [5, 5.41) is 0. The molecule has 0 aromatic heterocycles. The predicted octanol–water partition coefficient (Wildman–Crippen LogP) is 1.26. The molecule has 0 saturated heterocycles. The highest BCUT2D eigenvalue weighted by Crippen LogP contribution is 2.05. The summed E-state index contributed by atoms with van der Waals surface area (Å²) in [6.45, 7) is 0. The van der Waals surface area contributed by atoms with Crippen molar-refractivity contribution in [3.63, 3.8) is 0 Å². The van der Waals surface area contributed by atoms with E-state index in [1.807, 2.05) is 21.2 Å². The first-order valence-corrected chi connectivity index (χ1v) is 7.75. The van der Waals surface area contributed by atoms with E-state index in [2.05, 4.69) is 34.0 Å². The number of thiol groups is 1. The third-order valence-corrected chi connectivity index (χ3v) is 0. The maximum Gasteiger partial charge on any atom is 0.0163 e. The van der Waals surface area contributed by atoms with Crippen molar-refractivity contribution >= 4 is 58.6 Å². The number of rotatable bonds is 0. The zero-order valence-corrected chi connectivity index (χ0v) is 7.55. The lowest BCUT2D eigenvalue weighted by Gasteiger charge is -1.74. The Morgan fingerprint density at radius 3 is 1.60 bits per heavy atom. The molecular formula is HIS4. The normalized spacial score (nSPS) is 11.6. The van der Waals surface area contributed by atoms with E-state index in [1.165, 1.54) is 0 Å². The minimum atomic E-state index is -1.34. The van der Waals surface area contributed by atoms with E-state index >= 15 is 0 Å². The van der Waals surface area contributed by atoms with Gasteiger partial charge < -0.3 is 0 Å². The highest BCUT2D eigenvalue weighted by molar-refractivity contribution is 14.2. The van der Waals surface area contributed by atoms with E-state index in [0.717, 1.165) is 0 Å². The van der Waals surface area contributed by atoms with Gasteiger partial charge in [0.25, 0.3) is 0 Å². The molecule has 0 N–H and O–H groups in total. The Morgan fingerprint density at radius 2 is 1.60 bits per heavy atom. The first kappa shape index (κ1) is 6.87. The second-order valence-corrected chi connectivity index (χ2v) is 17.6. The Kier molecular flexibility index (Phi) is 3.09. The van der Waals surface area contributed by atoms with Gasteiger partial charge in [-0.15, -0.1) is 0 Å². The number of hydrogen-bond acceptors (Lipinski definition) is 2. The van der Waals surface area contributed by atoms with E-state index < -0.39 is 3.35 Å². The van der Waals surface area contributed by atoms with Crippen LogP contribution in [0.2, 0.25) is 0 Å². The molecule has 0 heterocycles. The molecule has 0 atom stereocenters. The van der Waals surface area contributed by atoms with Crippen LogP contribution in [0.1, 0.15) is 0 Å². The van der Waals surface area contributed by atoms with E-state index in [-0.39, 0.29) is 0 Å². The van der Waals surface area contributed by atoms with Gasteiger partial charge in [0.15, 0.2) is 0 Å². The van der Waals surface area contributed by atoms with E-state index in [4.69, 9.17) is 0 Å². The molecule has 0 amide bonds. The lowest BCUT2D eigenvalue weighted by atomic mass is 30.6. The van der Waals surface area contributed by atoms with Crippen molar-refractivity contribution in [1.82, 2.24) is 0 Å². The second-order valence-electron chi connectivity index (χ2n) is 0.412. The van der Waals surface area contributed by atoms with E-state index in [0.29, 0.717) is 0 Å². The molecule has 0 aliphatic heterocycles. The van der Waals surface area contributed by atoms with Crippen molar-refractivity contribution in [1.29, 1.82) is 0 Å². The van der Waals surface area contributed by atoms with Gasteiger partial charge in [0.1, 0.15) is 0 Å². The fraction of sp³-hybridized carbons (Fsp3) is 0. The average Bonchev–Trinajstić information content (AvgIpc) is 0.722. The Hall–Kier alpha value is 1.87. The van der Waals surface area contributed by atoms with Crippen molar-refractivity contribution in [3.05, 3.63) is 0 Å². The quantitative estimate of drug-likeness (QED) is 0.300. The number of halogens is 1. The van der Waals surface area contributed by atoms with Gasteiger partial charge >= 0.3 is 0 Å². The first-order chi connectivity index (χ1) is 2.00. The molecule has 0 aliphatic carbocycles. The summed E-state index contributed by atoms with van der Waals surface area (Å²) in [6.07, 6.45) is 0. The van der Waals surface area contributed by atoms with E-state index in [1.54, 1.807) is 0 Å². The fourth-order valence-electron chi connectivity index (χ4n) is 0. The lowest BCUT2D eigenvalue weighted by Crippen LogP contribution is -1.53. The van der Waals surface area contributed by atoms with Gasteiger partial charge in [-0.1, -0.05) is 11.7 Å². The molecule has 0 unspecified atom stereocenters. The van der Waals surface area contributed by atoms with Crippen LogP contribution in [0.4, 0.5) is 0 Å². The van der Waals surface area contributed by atoms with Gasteiger partial charge in [-0.2, -0.15) is 0 Å². The smallest absolute Gasteiger partial charge is 0.0163 e. The van der Waals surface area contributed by atoms with Gasteiger partial charge in [0.05, 0.1) is 0 Å². The van der Waals surface area contributed by atoms with Crippen LogP contribution in [-0.4, -0.2) is 0 Å². The highest BCUT2D eigenvalue weighted by atomic mass is 127. The molecule has 0 aliphatic rings. The van der Waals surface area contributed by atoms with Gasteiger partial charge in [0, 0.05) is 24.6 Å². The maximum atomic E-state index is 4.58. The summed E-state index contributed by atoms with van der Waals surface area (Å²) in [5.41, 5.74) is 0. The van der Waals surface area contributed by atoms with Crippen LogP contribution >= 0.6 is 32.9 Å². The summed E-state index contributed by atoms with van der Waals surface area (Å²) >= 11 is 14.9. The lowest BCUT2D eigenvalue weighted by molar-refractivity contribution is 5.94.